The molecular formula is C5H7N3. The first-order chi connectivity index (χ1) is 3.97. The van der Waals surface area contributed by atoms with E-state index in [1.807, 2.05) is 12.4 Å². The van der Waals surface area contributed by atoms with Gasteiger partial charge in [-0.05, 0) is 0 Å². The zero-order chi connectivity index (χ0) is 5.40. The minimum Gasteiger partial charge on any atom is -0.354 e. The zero-order valence-corrected chi connectivity index (χ0v) is 4.46. The van der Waals surface area contributed by atoms with Crippen LogP contribution in [0.5, 0.6) is 0 Å². The van der Waals surface area contributed by atoms with Gasteiger partial charge in [0.1, 0.15) is 0 Å². The highest BCUT2D eigenvalue weighted by Gasteiger charge is 2.06. The SMILES string of the molecule is c1cn2c(n1)NCC2. The molecule has 3 heteroatoms. The van der Waals surface area contributed by atoms with Crippen LogP contribution in [0.3, 0.4) is 0 Å². The van der Waals surface area contributed by atoms with Crippen LogP contribution in [0.15, 0.2) is 12.4 Å². The van der Waals surface area contributed by atoms with Crippen LogP contribution >= 0.6 is 0 Å². The summed E-state index contributed by atoms with van der Waals surface area (Å²) in [6, 6.07) is 0. The normalized spacial score (nSPS) is 15.5. The van der Waals surface area contributed by atoms with E-state index in [2.05, 4.69) is 14.9 Å². The molecule has 1 aliphatic heterocycles. The molecule has 2 heterocycles. The number of rotatable bonds is 0. The van der Waals surface area contributed by atoms with E-state index in [1.54, 1.807) is 0 Å². The highest BCUT2D eigenvalue weighted by molar-refractivity contribution is 5.29. The average Bonchev–Trinajstić information content (AvgIpc) is 2.15. The molecule has 0 atom stereocenters. The summed E-state index contributed by atoms with van der Waals surface area (Å²) in [7, 11) is 0. The Morgan fingerprint density at radius 1 is 1.75 bits per heavy atom. The van der Waals surface area contributed by atoms with Crippen LogP contribution in [0, 0.1) is 0 Å². The lowest BCUT2D eigenvalue weighted by Crippen LogP contribution is -1.93. The predicted octanol–water partition coefficient (Wildman–Crippen LogP) is 0.309. The largest absolute Gasteiger partial charge is 0.354 e. The van der Waals surface area contributed by atoms with Crippen LogP contribution in [0.4, 0.5) is 5.95 Å². The number of fused-ring (bicyclic) bond motifs is 1. The van der Waals surface area contributed by atoms with Crippen LogP contribution in [-0.2, 0) is 6.54 Å². The summed E-state index contributed by atoms with van der Waals surface area (Å²) < 4.78 is 2.10. The molecule has 0 unspecified atom stereocenters. The van der Waals surface area contributed by atoms with Crippen molar-refractivity contribution in [2.45, 2.75) is 6.54 Å². The van der Waals surface area contributed by atoms with Crippen molar-refractivity contribution in [1.29, 1.82) is 0 Å². The molecule has 0 saturated heterocycles. The van der Waals surface area contributed by atoms with Crippen molar-refractivity contribution in [2.24, 2.45) is 0 Å². The number of nitrogens with zero attached hydrogens (tertiary/aromatic N) is 2. The van der Waals surface area contributed by atoms with Crippen LogP contribution in [0.2, 0.25) is 0 Å². The van der Waals surface area contributed by atoms with Crippen LogP contribution in [-0.4, -0.2) is 16.1 Å². The molecule has 42 valence electrons. The van der Waals surface area contributed by atoms with Gasteiger partial charge < -0.3 is 9.88 Å². The van der Waals surface area contributed by atoms with Gasteiger partial charge in [0, 0.05) is 25.5 Å². The summed E-state index contributed by atoms with van der Waals surface area (Å²) in [6.07, 6.45) is 3.79. The first kappa shape index (κ1) is 3.95. The van der Waals surface area contributed by atoms with Crippen molar-refractivity contribution in [3.63, 3.8) is 0 Å². The smallest absolute Gasteiger partial charge is 0.202 e. The summed E-state index contributed by atoms with van der Waals surface area (Å²) in [5.41, 5.74) is 0. The second-order valence-electron chi connectivity index (χ2n) is 1.87. The van der Waals surface area contributed by atoms with Gasteiger partial charge in [-0.25, -0.2) is 4.98 Å². The van der Waals surface area contributed by atoms with Crippen molar-refractivity contribution < 1.29 is 0 Å². The van der Waals surface area contributed by atoms with Gasteiger partial charge >= 0.3 is 0 Å². The maximum absolute atomic E-state index is 4.05. The minimum absolute atomic E-state index is 1.00. The monoisotopic (exact) mass is 109 g/mol. The Balaban J connectivity index is 2.54. The lowest BCUT2D eigenvalue weighted by Gasteiger charge is -1.86. The second kappa shape index (κ2) is 1.24. The zero-order valence-electron chi connectivity index (χ0n) is 4.46. The molecule has 8 heavy (non-hydrogen) atoms. The first-order valence-corrected chi connectivity index (χ1v) is 2.72. The van der Waals surface area contributed by atoms with E-state index >= 15 is 0 Å². The van der Waals surface area contributed by atoms with Crippen molar-refractivity contribution >= 4 is 5.95 Å². The summed E-state index contributed by atoms with van der Waals surface area (Å²) in [4.78, 5) is 4.05. The van der Waals surface area contributed by atoms with Crippen molar-refractivity contribution in [3.8, 4) is 0 Å². The maximum Gasteiger partial charge on any atom is 0.202 e. The van der Waals surface area contributed by atoms with Gasteiger partial charge in [0.2, 0.25) is 5.95 Å². The Hall–Kier alpha value is -0.990. The molecular weight excluding hydrogens is 102 g/mol. The standard InChI is InChI=1S/C5H7N3/c1-3-8-4-2-7-5(8)6-1/h1,3H,2,4H2,(H,6,7). The Kier molecular flexibility index (Phi) is 0.614. The second-order valence-corrected chi connectivity index (χ2v) is 1.87. The lowest BCUT2D eigenvalue weighted by atomic mass is 10.7. The summed E-state index contributed by atoms with van der Waals surface area (Å²) in [5.74, 6) is 1.00. The molecule has 0 spiro atoms. The van der Waals surface area contributed by atoms with Gasteiger partial charge in [-0.2, -0.15) is 0 Å². The van der Waals surface area contributed by atoms with Crippen LogP contribution < -0.4 is 5.32 Å². The van der Waals surface area contributed by atoms with E-state index in [9.17, 15) is 0 Å². The number of imidazole rings is 1. The Labute approximate surface area is 47.3 Å². The molecule has 2 rings (SSSR count). The maximum atomic E-state index is 4.05. The molecule has 1 N–H and O–H groups in total. The van der Waals surface area contributed by atoms with Gasteiger partial charge in [-0.1, -0.05) is 0 Å². The van der Waals surface area contributed by atoms with Crippen molar-refractivity contribution in [1.82, 2.24) is 9.55 Å². The molecule has 0 aromatic carbocycles. The number of hydrogen-bond donors (Lipinski definition) is 1. The van der Waals surface area contributed by atoms with Crippen molar-refractivity contribution in [2.75, 3.05) is 11.9 Å². The fourth-order valence-electron chi connectivity index (χ4n) is 0.945. The van der Waals surface area contributed by atoms with Gasteiger partial charge in [0.15, 0.2) is 0 Å². The molecule has 0 amide bonds. The number of aromatic nitrogens is 2. The Morgan fingerprint density at radius 2 is 2.75 bits per heavy atom. The highest BCUT2D eigenvalue weighted by Crippen LogP contribution is 2.08. The number of nitrogens with one attached hydrogen (secondary N) is 1. The molecule has 1 aliphatic rings. The molecule has 3 nitrogen and oxygen atoms in total. The third-order valence-corrected chi connectivity index (χ3v) is 1.35. The van der Waals surface area contributed by atoms with Crippen LogP contribution in [0.25, 0.3) is 0 Å². The highest BCUT2D eigenvalue weighted by atomic mass is 15.2. The van der Waals surface area contributed by atoms with E-state index < -0.39 is 0 Å². The van der Waals surface area contributed by atoms with E-state index in [0.29, 0.717) is 0 Å². The summed E-state index contributed by atoms with van der Waals surface area (Å²) in [6.45, 7) is 2.10. The third kappa shape index (κ3) is 0.358. The minimum atomic E-state index is 1.00. The van der Waals surface area contributed by atoms with E-state index in [0.717, 1.165) is 19.0 Å². The Morgan fingerprint density at radius 3 is 3.62 bits per heavy atom. The lowest BCUT2D eigenvalue weighted by molar-refractivity contribution is 0.810. The summed E-state index contributed by atoms with van der Waals surface area (Å²) >= 11 is 0. The molecule has 0 aliphatic carbocycles. The van der Waals surface area contributed by atoms with E-state index in [1.165, 1.54) is 0 Å². The fourth-order valence-corrected chi connectivity index (χ4v) is 0.945. The summed E-state index contributed by atoms with van der Waals surface area (Å²) in [5, 5.41) is 3.13. The van der Waals surface area contributed by atoms with E-state index in [4.69, 9.17) is 0 Å². The molecule has 1 aromatic rings. The van der Waals surface area contributed by atoms with Gasteiger partial charge in [0.05, 0.1) is 0 Å². The van der Waals surface area contributed by atoms with E-state index in [-0.39, 0.29) is 0 Å². The van der Waals surface area contributed by atoms with Gasteiger partial charge in [-0.15, -0.1) is 0 Å². The third-order valence-electron chi connectivity index (χ3n) is 1.35. The molecule has 0 fully saturated rings. The molecule has 0 saturated carbocycles. The van der Waals surface area contributed by atoms with Crippen molar-refractivity contribution in [3.05, 3.63) is 12.4 Å². The molecule has 1 aromatic heterocycles. The molecule has 0 radical (unpaired) electrons. The quantitative estimate of drug-likeness (QED) is 0.519. The van der Waals surface area contributed by atoms with Crippen LogP contribution in [0.1, 0.15) is 0 Å². The average molecular weight is 109 g/mol. The number of anilines is 1. The fraction of sp³-hybridized carbons (Fsp3) is 0.400. The predicted molar refractivity (Wildman–Crippen MR) is 30.7 cm³/mol. The Bertz CT molecular complexity index is 173. The first-order valence-electron chi connectivity index (χ1n) is 2.72. The molecule has 0 bridgehead atoms. The van der Waals surface area contributed by atoms with Gasteiger partial charge in [0.25, 0.3) is 0 Å². The topological polar surface area (TPSA) is 29.9 Å². The number of hydrogen-bond acceptors (Lipinski definition) is 2. The van der Waals surface area contributed by atoms with Gasteiger partial charge in [-0.3, -0.25) is 0 Å².